The fourth-order valence-electron chi connectivity index (χ4n) is 2.27. The Morgan fingerprint density at radius 1 is 1.04 bits per heavy atom. The molecule has 0 aliphatic heterocycles. The summed E-state index contributed by atoms with van der Waals surface area (Å²) in [6.45, 7) is 0. The van der Waals surface area contributed by atoms with Crippen LogP contribution in [0.3, 0.4) is 0 Å². The molecule has 124 valence electrons. The van der Waals surface area contributed by atoms with Gasteiger partial charge in [-0.05, 0) is 12.1 Å². The number of anilines is 1. The van der Waals surface area contributed by atoms with E-state index in [9.17, 15) is 4.79 Å². The molecule has 2 heterocycles. The monoisotopic (exact) mass is 383 g/mol. The van der Waals surface area contributed by atoms with Crippen molar-refractivity contribution in [2.75, 3.05) is 11.1 Å². The first kappa shape index (κ1) is 16.3. The van der Waals surface area contributed by atoms with Crippen molar-refractivity contribution in [1.82, 2.24) is 9.97 Å². The molecular formula is C18H13N3OS3. The van der Waals surface area contributed by atoms with Gasteiger partial charge in [0.15, 0.2) is 9.47 Å². The smallest absolute Gasteiger partial charge is 0.236 e. The van der Waals surface area contributed by atoms with Crippen molar-refractivity contribution in [3.05, 3.63) is 60.0 Å². The zero-order chi connectivity index (χ0) is 17.1. The predicted molar refractivity (Wildman–Crippen MR) is 107 cm³/mol. The molecule has 0 fully saturated rings. The van der Waals surface area contributed by atoms with Gasteiger partial charge in [-0.15, -0.1) is 22.7 Å². The SMILES string of the molecule is O=C(CSc1nc2ccccc2s1)Nc1nc(-c2ccccc2)cs1. The first-order valence-corrected chi connectivity index (χ1v) is 10.3. The molecule has 0 atom stereocenters. The minimum absolute atomic E-state index is 0.0711. The van der Waals surface area contributed by atoms with Gasteiger partial charge in [0.1, 0.15) is 0 Å². The highest BCUT2D eigenvalue weighted by atomic mass is 32.2. The van der Waals surface area contributed by atoms with E-state index in [0.29, 0.717) is 10.9 Å². The maximum absolute atomic E-state index is 12.2. The third-order valence-electron chi connectivity index (χ3n) is 3.42. The first-order chi connectivity index (χ1) is 12.3. The Kier molecular flexibility index (Phi) is 4.78. The lowest BCUT2D eigenvalue weighted by molar-refractivity contribution is -0.113. The zero-order valence-corrected chi connectivity index (χ0v) is 15.5. The van der Waals surface area contributed by atoms with Crippen molar-refractivity contribution < 1.29 is 4.79 Å². The molecule has 4 rings (SSSR count). The molecule has 1 N–H and O–H groups in total. The number of amides is 1. The Morgan fingerprint density at radius 2 is 1.84 bits per heavy atom. The molecule has 0 bridgehead atoms. The largest absolute Gasteiger partial charge is 0.301 e. The summed E-state index contributed by atoms with van der Waals surface area (Å²) in [5, 5.41) is 5.43. The van der Waals surface area contributed by atoms with E-state index in [1.54, 1.807) is 11.3 Å². The molecule has 25 heavy (non-hydrogen) atoms. The van der Waals surface area contributed by atoms with Gasteiger partial charge in [0, 0.05) is 10.9 Å². The fraction of sp³-hybridized carbons (Fsp3) is 0.0556. The molecule has 0 aliphatic carbocycles. The number of benzene rings is 2. The lowest BCUT2D eigenvalue weighted by Gasteiger charge is -1.99. The maximum atomic E-state index is 12.2. The van der Waals surface area contributed by atoms with Crippen LogP contribution in [0.1, 0.15) is 0 Å². The lowest BCUT2D eigenvalue weighted by atomic mass is 10.2. The van der Waals surface area contributed by atoms with Crippen molar-refractivity contribution in [3.63, 3.8) is 0 Å². The number of nitrogens with one attached hydrogen (secondary N) is 1. The highest BCUT2D eigenvalue weighted by Crippen LogP contribution is 2.29. The number of thioether (sulfide) groups is 1. The second-order valence-electron chi connectivity index (χ2n) is 5.19. The van der Waals surface area contributed by atoms with Gasteiger partial charge in [0.05, 0.1) is 21.7 Å². The quantitative estimate of drug-likeness (QED) is 0.484. The summed E-state index contributed by atoms with van der Waals surface area (Å²) in [5.74, 6) is 0.248. The third-order valence-corrected chi connectivity index (χ3v) is 6.36. The fourth-order valence-corrected chi connectivity index (χ4v) is 4.87. The van der Waals surface area contributed by atoms with Crippen LogP contribution in [0.2, 0.25) is 0 Å². The van der Waals surface area contributed by atoms with E-state index in [4.69, 9.17) is 0 Å². The Morgan fingerprint density at radius 3 is 2.68 bits per heavy atom. The Balaban J connectivity index is 1.37. The summed E-state index contributed by atoms with van der Waals surface area (Å²) < 4.78 is 2.04. The molecule has 0 radical (unpaired) electrons. The first-order valence-electron chi connectivity index (χ1n) is 7.57. The Hall–Kier alpha value is -2.22. The molecule has 1 amide bonds. The van der Waals surface area contributed by atoms with Crippen molar-refractivity contribution in [2.24, 2.45) is 0 Å². The molecule has 0 unspecified atom stereocenters. The normalized spacial score (nSPS) is 10.9. The second-order valence-corrected chi connectivity index (χ2v) is 8.30. The van der Waals surface area contributed by atoms with Gasteiger partial charge in [0.2, 0.25) is 5.91 Å². The number of hydrogen-bond donors (Lipinski definition) is 1. The molecule has 7 heteroatoms. The lowest BCUT2D eigenvalue weighted by Crippen LogP contribution is -2.13. The van der Waals surface area contributed by atoms with Crippen LogP contribution in [0.25, 0.3) is 21.5 Å². The summed E-state index contributed by atoms with van der Waals surface area (Å²) in [4.78, 5) is 21.2. The van der Waals surface area contributed by atoms with Gasteiger partial charge >= 0.3 is 0 Å². The number of carbonyl (C=O) groups is 1. The van der Waals surface area contributed by atoms with E-state index in [1.807, 2.05) is 60.0 Å². The summed E-state index contributed by atoms with van der Waals surface area (Å²) in [7, 11) is 0. The van der Waals surface area contributed by atoms with Crippen molar-refractivity contribution in [2.45, 2.75) is 4.34 Å². The average molecular weight is 384 g/mol. The topological polar surface area (TPSA) is 54.9 Å². The predicted octanol–water partition coefficient (Wildman–Crippen LogP) is 5.15. The van der Waals surface area contributed by atoms with Crippen LogP contribution in [-0.4, -0.2) is 21.6 Å². The van der Waals surface area contributed by atoms with Gasteiger partial charge in [0.25, 0.3) is 0 Å². The van der Waals surface area contributed by atoms with Crippen LogP contribution in [0, 0.1) is 0 Å². The molecule has 0 saturated heterocycles. The van der Waals surface area contributed by atoms with Crippen LogP contribution in [0.4, 0.5) is 5.13 Å². The highest BCUT2D eigenvalue weighted by molar-refractivity contribution is 8.01. The molecule has 0 aliphatic rings. The summed E-state index contributed by atoms with van der Waals surface area (Å²) in [6, 6.07) is 17.9. The minimum atomic E-state index is -0.0711. The minimum Gasteiger partial charge on any atom is -0.301 e. The molecule has 2 aromatic heterocycles. The van der Waals surface area contributed by atoms with Gasteiger partial charge in [-0.2, -0.15) is 0 Å². The molecular weight excluding hydrogens is 370 g/mol. The highest BCUT2D eigenvalue weighted by Gasteiger charge is 2.10. The number of para-hydroxylation sites is 1. The molecule has 4 aromatic rings. The molecule has 0 spiro atoms. The van der Waals surface area contributed by atoms with Crippen LogP contribution in [0.5, 0.6) is 0 Å². The van der Waals surface area contributed by atoms with Crippen LogP contribution >= 0.6 is 34.4 Å². The number of carbonyl (C=O) groups excluding carboxylic acids is 1. The standard InChI is InChI=1S/C18H13N3OS3/c22-16(11-24-18-20-13-8-4-5-9-15(13)25-18)21-17-19-14(10-23-17)12-6-2-1-3-7-12/h1-10H,11H2,(H,19,21,22). The number of nitrogens with zero attached hydrogens (tertiary/aromatic N) is 2. The second kappa shape index (κ2) is 7.35. The maximum Gasteiger partial charge on any atom is 0.236 e. The molecule has 4 nitrogen and oxygen atoms in total. The van der Waals surface area contributed by atoms with E-state index in [1.165, 1.54) is 23.1 Å². The van der Waals surface area contributed by atoms with Crippen LogP contribution in [-0.2, 0) is 4.79 Å². The number of rotatable bonds is 5. The van der Waals surface area contributed by atoms with Crippen LogP contribution < -0.4 is 5.32 Å². The number of fused-ring (bicyclic) bond motifs is 1. The Labute approximate surface area is 157 Å². The number of aromatic nitrogens is 2. The van der Waals surface area contributed by atoms with E-state index < -0.39 is 0 Å². The average Bonchev–Trinajstić information content (AvgIpc) is 3.27. The molecule has 0 saturated carbocycles. The van der Waals surface area contributed by atoms with E-state index >= 15 is 0 Å². The van der Waals surface area contributed by atoms with Gasteiger partial charge in [-0.25, -0.2) is 9.97 Å². The summed E-state index contributed by atoms with van der Waals surface area (Å²) in [5.41, 5.74) is 2.89. The number of hydrogen-bond acceptors (Lipinski definition) is 6. The van der Waals surface area contributed by atoms with Gasteiger partial charge in [-0.1, -0.05) is 54.2 Å². The van der Waals surface area contributed by atoms with Crippen molar-refractivity contribution in [3.8, 4) is 11.3 Å². The third kappa shape index (κ3) is 3.89. The Bertz CT molecular complexity index is 978. The van der Waals surface area contributed by atoms with E-state index in [2.05, 4.69) is 15.3 Å². The van der Waals surface area contributed by atoms with Gasteiger partial charge in [-0.3, -0.25) is 4.79 Å². The summed E-state index contributed by atoms with van der Waals surface area (Å²) in [6.07, 6.45) is 0. The van der Waals surface area contributed by atoms with Crippen LogP contribution in [0.15, 0.2) is 64.3 Å². The zero-order valence-electron chi connectivity index (χ0n) is 13.0. The molecule has 2 aromatic carbocycles. The van der Waals surface area contributed by atoms with Crippen molar-refractivity contribution >= 4 is 55.7 Å². The summed E-state index contributed by atoms with van der Waals surface area (Å²) >= 11 is 4.49. The van der Waals surface area contributed by atoms with E-state index in [-0.39, 0.29) is 5.91 Å². The van der Waals surface area contributed by atoms with E-state index in [0.717, 1.165) is 25.8 Å². The van der Waals surface area contributed by atoms with Gasteiger partial charge < -0.3 is 5.32 Å². The van der Waals surface area contributed by atoms with Crippen molar-refractivity contribution in [1.29, 1.82) is 0 Å². The number of thiazole rings is 2.